The van der Waals surface area contributed by atoms with Crippen LogP contribution in [0.25, 0.3) is 5.82 Å². The van der Waals surface area contributed by atoms with Crippen molar-refractivity contribution in [3.8, 4) is 11.9 Å². The van der Waals surface area contributed by atoms with E-state index in [0.29, 0.717) is 27.8 Å². The third-order valence-corrected chi connectivity index (χ3v) is 2.52. The maximum atomic E-state index is 8.84. The van der Waals surface area contributed by atoms with Gasteiger partial charge in [0, 0.05) is 6.20 Å². The minimum atomic E-state index is 0.296. The predicted octanol–water partition coefficient (Wildman–Crippen LogP) is 1.68. The molecule has 0 aromatic carbocycles. The van der Waals surface area contributed by atoms with Crippen LogP contribution in [0.15, 0.2) is 18.5 Å². The number of halogens is 1. The van der Waals surface area contributed by atoms with Crippen LogP contribution in [-0.2, 0) is 0 Å². The number of aromatic nitrogens is 3. The van der Waals surface area contributed by atoms with Gasteiger partial charge in [0.15, 0.2) is 5.82 Å². The Morgan fingerprint density at radius 2 is 2.31 bits per heavy atom. The molecular weight excluding hydrogens is 226 g/mol. The summed E-state index contributed by atoms with van der Waals surface area (Å²) in [5.74, 6) is 0.411. The Hall–Kier alpha value is -2.06. The highest BCUT2D eigenvalue weighted by Crippen LogP contribution is 2.21. The van der Waals surface area contributed by atoms with Crippen molar-refractivity contribution in [2.24, 2.45) is 0 Å². The molecule has 0 amide bonds. The maximum Gasteiger partial charge on any atom is 0.177 e. The Labute approximate surface area is 97.1 Å². The molecule has 0 aliphatic carbocycles. The van der Waals surface area contributed by atoms with Gasteiger partial charge in [0.1, 0.15) is 6.07 Å². The Kier molecular flexibility index (Phi) is 2.50. The molecule has 2 aromatic heterocycles. The van der Waals surface area contributed by atoms with Crippen LogP contribution in [0.4, 0.5) is 5.69 Å². The van der Waals surface area contributed by atoms with Crippen molar-refractivity contribution < 1.29 is 0 Å². The standard InChI is InChI=1S/C10H8ClN5/c1-6-8(11)5-16(15-6)10-9(13)7(4-12)2-3-14-10/h2-3,5H,13H2,1H3. The van der Waals surface area contributed by atoms with E-state index in [1.165, 1.54) is 10.9 Å². The van der Waals surface area contributed by atoms with Crippen LogP contribution in [0.2, 0.25) is 5.02 Å². The number of hydrogen-bond acceptors (Lipinski definition) is 4. The minimum Gasteiger partial charge on any atom is -0.395 e. The molecule has 5 nitrogen and oxygen atoms in total. The molecule has 0 aliphatic rings. The summed E-state index contributed by atoms with van der Waals surface area (Å²) in [5.41, 5.74) is 7.15. The summed E-state index contributed by atoms with van der Waals surface area (Å²) in [6.07, 6.45) is 3.12. The lowest BCUT2D eigenvalue weighted by Gasteiger charge is -2.04. The monoisotopic (exact) mass is 233 g/mol. The zero-order valence-electron chi connectivity index (χ0n) is 8.48. The largest absolute Gasteiger partial charge is 0.395 e. The van der Waals surface area contributed by atoms with Crippen LogP contribution in [0.5, 0.6) is 0 Å². The van der Waals surface area contributed by atoms with E-state index in [4.69, 9.17) is 22.6 Å². The minimum absolute atomic E-state index is 0.296. The van der Waals surface area contributed by atoms with Gasteiger partial charge in [-0.2, -0.15) is 10.4 Å². The molecule has 0 radical (unpaired) electrons. The zero-order valence-corrected chi connectivity index (χ0v) is 9.23. The number of nitrogen functional groups attached to an aromatic ring is 1. The Bertz CT molecular complexity index is 562. The highest BCUT2D eigenvalue weighted by atomic mass is 35.5. The smallest absolute Gasteiger partial charge is 0.177 e. The van der Waals surface area contributed by atoms with Gasteiger partial charge in [-0.1, -0.05) is 11.6 Å². The lowest BCUT2D eigenvalue weighted by Crippen LogP contribution is -2.05. The highest BCUT2D eigenvalue weighted by Gasteiger charge is 2.10. The molecule has 2 aromatic rings. The average Bonchev–Trinajstić information content (AvgIpc) is 2.59. The first-order valence-electron chi connectivity index (χ1n) is 4.50. The normalized spacial score (nSPS) is 10.1. The highest BCUT2D eigenvalue weighted by molar-refractivity contribution is 6.31. The quantitative estimate of drug-likeness (QED) is 0.813. The third kappa shape index (κ3) is 1.59. The van der Waals surface area contributed by atoms with E-state index < -0.39 is 0 Å². The lowest BCUT2D eigenvalue weighted by atomic mass is 10.2. The van der Waals surface area contributed by atoms with Crippen LogP contribution in [0.3, 0.4) is 0 Å². The third-order valence-electron chi connectivity index (χ3n) is 2.15. The van der Waals surface area contributed by atoms with Gasteiger partial charge >= 0.3 is 0 Å². The number of hydrogen-bond donors (Lipinski definition) is 1. The van der Waals surface area contributed by atoms with Crippen molar-refractivity contribution >= 4 is 17.3 Å². The summed E-state index contributed by atoms with van der Waals surface area (Å²) in [6.45, 7) is 1.78. The lowest BCUT2D eigenvalue weighted by molar-refractivity contribution is 0.834. The molecule has 0 bridgehead atoms. The van der Waals surface area contributed by atoms with Crippen molar-refractivity contribution in [3.63, 3.8) is 0 Å². The van der Waals surface area contributed by atoms with Crippen molar-refractivity contribution in [2.75, 3.05) is 5.73 Å². The molecule has 16 heavy (non-hydrogen) atoms. The topological polar surface area (TPSA) is 80.5 Å². The van der Waals surface area contributed by atoms with Gasteiger partial charge in [-0.15, -0.1) is 0 Å². The summed E-state index contributed by atoms with van der Waals surface area (Å²) in [5, 5.41) is 13.5. The molecule has 0 spiro atoms. The van der Waals surface area contributed by atoms with Crippen LogP contribution in [-0.4, -0.2) is 14.8 Å². The molecule has 0 fully saturated rings. The molecule has 2 N–H and O–H groups in total. The van der Waals surface area contributed by atoms with E-state index >= 15 is 0 Å². The summed E-state index contributed by atoms with van der Waals surface area (Å²) < 4.78 is 1.47. The molecule has 0 unspecified atom stereocenters. The van der Waals surface area contributed by atoms with Crippen LogP contribution in [0.1, 0.15) is 11.3 Å². The van der Waals surface area contributed by atoms with Crippen molar-refractivity contribution in [2.45, 2.75) is 6.92 Å². The average molecular weight is 234 g/mol. The van der Waals surface area contributed by atoms with Crippen molar-refractivity contribution in [1.29, 1.82) is 5.26 Å². The first kappa shape index (κ1) is 10.5. The van der Waals surface area contributed by atoms with Crippen LogP contribution >= 0.6 is 11.6 Å². The van der Waals surface area contributed by atoms with E-state index in [1.54, 1.807) is 19.2 Å². The fourth-order valence-corrected chi connectivity index (χ4v) is 1.42. The molecule has 6 heteroatoms. The number of pyridine rings is 1. The molecule has 0 atom stereocenters. The summed E-state index contributed by atoms with van der Waals surface area (Å²) in [7, 11) is 0. The van der Waals surface area contributed by atoms with E-state index in [9.17, 15) is 0 Å². The molecule has 2 heterocycles. The number of nitriles is 1. The van der Waals surface area contributed by atoms with Gasteiger partial charge in [0.05, 0.1) is 28.2 Å². The van der Waals surface area contributed by atoms with Gasteiger partial charge < -0.3 is 5.73 Å². The molecular formula is C10H8ClN5. The van der Waals surface area contributed by atoms with E-state index in [-0.39, 0.29) is 0 Å². The first-order chi connectivity index (χ1) is 7.63. The fourth-order valence-electron chi connectivity index (χ4n) is 1.29. The second-order valence-electron chi connectivity index (χ2n) is 3.21. The van der Waals surface area contributed by atoms with Gasteiger partial charge in [0.25, 0.3) is 0 Å². The molecule has 0 saturated carbocycles. The fraction of sp³-hybridized carbons (Fsp3) is 0.100. The molecule has 0 saturated heterocycles. The van der Waals surface area contributed by atoms with E-state index in [0.717, 1.165) is 0 Å². The Morgan fingerprint density at radius 1 is 1.56 bits per heavy atom. The number of anilines is 1. The molecule has 80 valence electrons. The number of aryl methyl sites for hydroxylation is 1. The second kappa shape index (κ2) is 3.83. The van der Waals surface area contributed by atoms with Crippen molar-refractivity contribution in [1.82, 2.24) is 14.8 Å². The summed E-state index contributed by atoms with van der Waals surface area (Å²) in [6, 6.07) is 3.54. The Morgan fingerprint density at radius 3 is 2.88 bits per heavy atom. The van der Waals surface area contributed by atoms with Gasteiger partial charge in [-0.05, 0) is 13.0 Å². The molecule has 2 rings (SSSR count). The van der Waals surface area contributed by atoms with E-state index in [1.807, 2.05) is 6.07 Å². The number of nitrogens with two attached hydrogens (primary N) is 1. The van der Waals surface area contributed by atoms with Crippen LogP contribution < -0.4 is 5.73 Å². The van der Waals surface area contributed by atoms with E-state index in [2.05, 4.69) is 10.1 Å². The van der Waals surface area contributed by atoms with Gasteiger partial charge in [-0.25, -0.2) is 9.67 Å². The number of rotatable bonds is 1. The second-order valence-corrected chi connectivity index (χ2v) is 3.62. The summed E-state index contributed by atoms with van der Waals surface area (Å²) >= 11 is 5.89. The van der Waals surface area contributed by atoms with Crippen LogP contribution in [0, 0.1) is 18.3 Å². The van der Waals surface area contributed by atoms with Crippen molar-refractivity contribution in [3.05, 3.63) is 34.7 Å². The summed E-state index contributed by atoms with van der Waals surface area (Å²) in [4.78, 5) is 4.08. The number of nitrogens with zero attached hydrogens (tertiary/aromatic N) is 4. The maximum absolute atomic E-state index is 8.84. The van der Waals surface area contributed by atoms with Gasteiger partial charge in [0.2, 0.25) is 0 Å². The van der Waals surface area contributed by atoms with Gasteiger partial charge in [-0.3, -0.25) is 0 Å². The first-order valence-corrected chi connectivity index (χ1v) is 4.88. The zero-order chi connectivity index (χ0) is 11.7. The predicted molar refractivity (Wildman–Crippen MR) is 60.2 cm³/mol. The SMILES string of the molecule is Cc1nn(-c2nccc(C#N)c2N)cc1Cl. The molecule has 0 aliphatic heterocycles. The Balaban J connectivity index is 2.61.